The fraction of sp³-hybridized carbons (Fsp3) is 0.278. The van der Waals surface area contributed by atoms with Crippen LogP contribution in [-0.2, 0) is 10.0 Å². The molecule has 0 heterocycles. The van der Waals surface area contributed by atoms with Crippen molar-refractivity contribution in [3.05, 3.63) is 62.4 Å². The minimum absolute atomic E-state index is 0.107. The first-order valence-electron chi connectivity index (χ1n) is 8.15. The third kappa shape index (κ3) is 4.36. The molecule has 27 heavy (non-hydrogen) atoms. The topological polar surface area (TPSA) is 74.7 Å². The molecule has 1 aromatic carbocycles. The van der Waals surface area contributed by atoms with E-state index in [4.69, 9.17) is 5.11 Å². The highest BCUT2D eigenvalue weighted by molar-refractivity contribution is 9.10. The Morgan fingerprint density at radius 1 is 1.15 bits per heavy atom. The molecule has 9 heteroatoms. The Kier molecular flexibility index (Phi) is 6.72. The molecular formula is C18H18BrF2NO4S. The lowest BCUT2D eigenvalue weighted by Crippen LogP contribution is -2.32. The SMILES string of the molecule is Brc1cc2ccc1=2.CCCN(CC)S(=O)(=O)c1cc(C(=O)O)c(F)cc1F. The van der Waals surface area contributed by atoms with Crippen LogP contribution in [0, 0.1) is 22.1 Å². The minimum Gasteiger partial charge on any atom is -0.478 e. The van der Waals surface area contributed by atoms with Crippen LogP contribution in [0.2, 0.25) is 0 Å². The Labute approximate surface area is 164 Å². The van der Waals surface area contributed by atoms with Crippen molar-refractivity contribution >= 4 is 31.9 Å². The van der Waals surface area contributed by atoms with Gasteiger partial charge >= 0.3 is 5.97 Å². The van der Waals surface area contributed by atoms with Gasteiger partial charge in [0.1, 0.15) is 16.5 Å². The molecule has 1 aromatic rings. The monoisotopic (exact) mass is 461 g/mol. The number of halogens is 3. The van der Waals surface area contributed by atoms with Gasteiger partial charge in [0.05, 0.1) is 5.56 Å². The maximum absolute atomic E-state index is 13.7. The molecule has 0 aliphatic heterocycles. The first kappa shape index (κ1) is 21.5. The molecule has 0 radical (unpaired) electrons. The third-order valence-electron chi connectivity index (χ3n) is 3.98. The Hall–Kier alpha value is -1.84. The molecule has 2 aliphatic rings. The molecule has 0 saturated heterocycles. The van der Waals surface area contributed by atoms with Crippen LogP contribution in [0.15, 0.2) is 39.7 Å². The van der Waals surface area contributed by atoms with Crippen molar-refractivity contribution in [3.8, 4) is 0 Å². The average molecular weight is 462 g/mol. The highest BCUT2D eigenvalue weighted by atomic mass is 79.9. The fourth-order valence-electron chi connectivity index (χ4n) is 2.47. The summed E-state index contributed by atoms with van der Waals surface area (Å²) in [5.74, 6) is -4.27. The van der Waals surface area contributed by atoms with Gasteiger partial charge in [0.25, 0.3) is 0 Å². The van der Waals surface area contributed by atoms with Gasteiger partial charge < -0.3 is 5.11 Å². The number of carbonyl (C=O) groups is 1. The Morgan fingerprint density at radius 3 is 2.15 bits per heavy atom. The Balaban J connectivity index is 0.000000304. The van der Waals surface area contributed by atoms with Gasteiger partial charge in [-0.2, -0.15) is 4.31 Å². The lowest BCUT2D eigenvalue weighted by molar-refractivity contribution is 0.0691. The third-order valence-corrected chi connectivity index (χ3v) is 6.62. The van der Waals surface area contributed by atoms with Crippen molar-refractivity contribution < 1.29 is 27.1 Å². The molecule has 0 unspecified atom stereocenters. The van der Waals surface area contributed by atoms with Crippen LogP contribution in [0.25, 0.3) is 0 Å². The molecule has 1 N–H and O–H groups in total. The van der Waals surface area contributed by atoms with Gasteiger partial charge in [0, 0.05) is 23.6 Å². The summed E-state index contributed by atoms with van der Waals surface area (Å²) in [4.78, 5) is 9.98. The van der Waals surface area contributed by atoms with Crippen LogP contribution in [0.4, 0.5) is 8.78 Å². The lowest BCUT2D eigenvalue weighted by Gasteiger charge is -2.20. The zero-order chi connectivity index (χ0) is 20.4. The second-order valence-corrected chi connectivity index (χ2v) is 8.52. The summed E-state index contributed by atoms with van der Waals surface area (Å²) in [5, 5.41) is 11.6. The number of benzene rings is 2. The van der Waals surface area contributed by atoms with E-state index in [-0.39, 0.29) is 19.2 Å². The maximum Gasteiger partial charge on any atom is 0.338 e. The van der Waals surface area contributed by atoms with Crippen molar-refractivity contribution in [2.45, 2.75) is 25.2 Å². The smallest absolute Gasteiger partial charge is 0.338 e. The standard InChI is InChI=1S/C12H15F2NO4S.C6H3Br/c1-3-5-15(4-2)20(18,19)11-6-8(12(16)17)9(13)7-10(11)14;7-6-3-4-1-2-5(4)6/h6-7H,3-5H2,1-2H3,(H,16,17);1-3H. The Morgan fingerprint density at radius 2 is 1.81 bits per heavy atom. The molecule has 0 bridgehead atoms. The van der Waals surface area contributed by atoms with Gasteiger partial charge in [0.15, 0.2) is 0 Å². The number of hydrogen-bond acceptors (Lipinski definition) is 3. The largest absolute Gasteiger partial charge is 0.478 e. The number of carboxylic acids is 1. The molecule has 0 saturated carbocycles. The summed E-state index contributed by atoms with van der Waals surface area (Å²) >= 11 is 3.37. The number of rotatable bonds is 6. The van der Waals surface area contributed by atoms with E-state index in [0.29, 0.717) is 12.5 Å². The quantitative estimate of drug-likeness (QED) is 0.598. The molecule has 0 amide bonds. The highest BCUT2D eigenvalue weighted by Crippen LogP contribution is 2.23. The average Bonchev–Trinajstić information content (AvgIpc) is 2.57. The predicted octanol–water partition coefficient (Wildman–Crippen LogP) is 4.13. The number of aromatic carboxylic acids is 1. The van der Waals surface area contributed by atoms with E-state index in [1.165, 1.54) is 14.9 Å². The summed E-state index contributed by atoms with van der Waals surface area (Å²) in [7, 11) is -4.19. The molecule has 2 aliphatic carbocycles. The maximum atomic E-state index is 13.7. The van der Waals surface area contributed by atoms with E-state index < -0.39 is 38.1 Å². The van der Waals surface area contributed by atoms with Crippen molar-refractivity contribution in [2.75, 3.05) is 13.1 Å². The molecule has 5 nitrogen and oxygen atoms in total. The summed E-state index contributed by atoms with van der Waals surface area (Å²) in [6, 6.07) is 7.13. The van der Waals surface area contributed by atoms with Gasteiger partial charge in [-0.3, -0.25) is 0 Å². The lowest BCUT2D eigenvalue weighted by atomic mass is 10.1. The number of hydrogen-bond donors (Lipinski definition) is 1. The summed E-state index contributed by atoms with van der Waals surface area (Å²) < 4.78 is 53.7. The zero-order valence-corrected chi connectivity index (χ0v) is 17.1. The first-order chi connectivity index (χ1) is 12.6. The predicted molar refractivity (Wildman–Crippen MR) is 99.9 cm³/mol. The second kappa shape index (κ2) is 8.45. The van der Waals surface area contributed by atoms with Crippen molar-refractivity contribution in [1.82, 2.24) is 4.31 Å². The van der Waals surface area contributed by atoms with Crippen LogP contribution in [0.1, 0.15) is 30.6 Å². The molecular weight excluding hydrogens is 444 g/mol. The van der Waals surface area contributed by atoms with Crippen LogP contribution in [-0.4, -0.2) is 36.9 Å². The van der Waals surface area contributed by atoms with Gasteiger partial charge in [-0.25, -0.2) is 22.0 Å². The highest BCUT2D eigenvalue weighted by Gasteiger charge is 2.28. The van der Waals surface area contributed by atoms with Crippen LogP contribution in [0.3, 0.4) is 0 Å². The van der Waals surface area contributed by atoms with Crippen molar-refractivity contribution in [2.24, 2.45) is 0 Å². The van der Waals surface area contributed by atoms with E-state index >= 15 is 0 Å². The van der Waals surface area contributed by atoms with Gasteiger partial charge in [-0.15, -0.1) is 0 Å². The van der Waals surface area contributed by atoms with Gasteiger partial charge in [-0.1, -0.05) is 41.9 Å². The van der Waals surface area contributed by atoms with E-state index in [0.717, 1.165) is 4.31 Å². The molecule has 0 atom stereocenters. The van der Waals surface area contributed by atoms with Crippen LogP contribution >= 0.6 is 15.9 Å². The first-order valence-corrected chi connectivity index (χ1v) is 10.4. The van der Waals surface area contributed by atoms with Gasteiger partial charge in [-0.05, 0) is 29.0 Å². The minimum atomic E-state index is -4.19. The number of nitrogens with zero attached hydrogens (tertiary/aromatic N) is 1. The van der Waals surface area contributed by atoms with E-state index in [1.807, 2.05) is 0 Å². The van der Waals surface area contributed by atoms with Crippen LogP contribution < -0.4 is 0 Å². The molecule has 0 spiro atoms. The summed E-state index contributed by atoms with van der Waals surface area (Å²) in [5.41, 5.74) is -0.877. The molecule has 0 aromatic heterocycles. The Bertz CT molecular complexity index is 1070. The summed E-state index contributed by atoms with van der Waals surface area (Å²) in [6.45, 7) is 3.60. The number of carboxylic acid groups (broad SMARTS) is 1. The number of sulfonamides is 1. The van der Waals surface area contributed by atoms with Crippen molar-refractivity contribution in [1.29, 1.82) is 0 Å². The fourth-order valence-corrected chi connectivity index (χ4v) is 4.69. The summed E-state index contributed by atoms with van der Waals surface area (Å²) in [6.07, 6.45) is 0.516. The van der Waals surface area contributed by atoms with E-state index in [1.54, 1.807) is 13.8 Å². The van der Waals surface area contributed by atoms with E-state index in [9.17, 15) is 22.0 Å². The van der Waals surface area contributed by atoms with Crippen molar-refractivity contribution in [3.63, 3.8) is 0 Å². The molecule has 146 valence electrons. The molecule has 0 fully saturated rings. The van der Waals surface area contributed by atoms with E-state index in [2.05, 4.69) is 34.1 Å². The normalized spacial score (nSPS) is 11.8. The second-order valence-electron chi connectivity index (χ2n) is 5.76. The van der Waals surface area contributed by atoms with Crippen LogP contribution in [0.5, 0.6) is 0 Å². The van der Waals surface area contributed by atoms with Gasteiger partial charge in [0.2, 0.25) is 10.0 Å². The molecule has 3 rings (SSSR count). The zero-order valence-electron chi connectivity index (χ0n) is 14.7.